The lowest BCUT2D eigenvalue weighted by Gasteiger charge is -2.26. The molecule has 0 radical (unpaired) electrons. The van der Waals surface area contributed by atoms with E-state index < -0.39 is 17.8 Å². The maximum atomic E-state index is 11.7. The lowest BCUT2D eigenvalue weighted by atomic mass is 10.1. The lowest BCUT2D eigenvalue weighted by molar-refractivity contribution is -0.139. The zero-order valence-corrected chi connectivity index (χ0v) is 15.3. The van der Waals surface area contributed by atoms with Gasteiger partial charge in [-0.1, -0.05) is 12.1 Å². The van der Waals surface area contributed by atoms with Crippen LogP contribution in [0.1, 0.15) is 22.3 Å². The molecule has 1 aliphatic heterocycles. The molecule has 0 spiro atoms. The Morgan fingerprint density at radius 2 is 1.89 bits per heavy atom. The quantitative estimate of drug-likeness (QED) is 0.224. The van der Waals surface area contributed by atoms with Crippen molar-refractivity contribution in [3.8, 4) is 0 Å². The van der Waals surface area contributed by atoms with Crippen molar-refractivity contribution in [2.45, 2.75) is 6.42 Å². The first-order chi connectivity index (χ1) is 13.1. The van der Waals surface area contributed by atoms with Gasteiger partial charge in [-0.15, -0.1) is 0 Å². The monoisotopic (exact) mass is 376 g/mol. The molecule has 1 saturated heterocycles. The van der Waals surface area contributed by atoms with Crippen LogP contribution >= 0.6 is 0 Å². The van der Waals surface area contributed by atoms with E-state index in [-0.39, 0.29) is 0 Å². The molecule has 9 nitrogen and oxygen atoms in total. The molecule has 0 atom stereocenters. The number of esters is 1. The lowest BCUT2D eigenvalue weighted by Crippen LogP contribution is -2.40. The number of nitrogens with one attached hydrogen (secondary N) is 2. The molecular formula is C18H24N4O5. The summed E-state index contributed by atoms with van der Waals surface area (Å²) in [5.41, 5.74) is 3.24. The van der Waals surface area contributed by atoms with Gasteiger partial charge in [0.05, 0.1) is 32.1 Å². The fraction of sp³-hybridized carbons (Fsp3) is 0.444. The Morgan fingerprint density at radius 1 is 1.19 bits per heavy atom. The predicted octanol–water partition coefficient (Wildman–Crippen LogP) is -0.238. The van der Waals surface area contributed by atoms with E-state index in [4.69, 9.17) is 4.74 Å². The first kappa shape index (κ1) is 20.5. The molecule has 2 N–H and O–H groups in total. The maximum absolute atomic E-state index is 11.7. The number of carbonyl (C=O) groups is 3. The van der Waals surface area contributed by atoms with E-state index in [1.807, 2.05) is 0 Å². The van der Waals surface area contributed by atoms with Crippen LogP contribution < -0.4 is 10.7 Å². The second-order valence-corrected chi connectivity index (χ2v) is 5.88. The molecule has 1 heterocycles. The first-order valence-corrected chi connectivity index (χ1v) is 8.70. The van der Waals surface area contributed by atoms with Crippen molar-refractivity contribution < 1.29 is 23.9 Å². The standard InChI is InChI=1S/C18H24N4O5/c1-26-18(25)15-5-3-14(4-6-15)13-20-21-17(24)16(23)19-7-2-8-22-9-11-27-12-10-22/h3-6,13H,2,7-12H2,1H3,(H,19,23)(H,21,24)/b20-13+. The molecule has 0 aromatic heterocycles. The average Bonchev–Trinajstić information content (AvgIpc) is 2.71. The summed E-state index contributed by atoms with van der Waals surface area (Å²) in [6.07, 6.45) is 2.14. The van der Waals surface area contributed by atoms with E-state index >= 15 is 0 Å². The van der Waals surface area contributed by atoms with Crippen molar-refractivity contribution in [3.05, 3.63) is 35.4 Å². The van der Waals surface area contributed by atoms with Crippen molar-refractivity contribution in [2.24, 2.45) is 5.10 Å². The molecule has 0 aliphatic carbocycles. The highest BCUT2D eigenvalue weighted by atomic mass is 16.5. The number of carbonyl (C=O) groups excluding carboxylic acids is 3. The van der Waals surface area contributed by atoms with E-state index in [1.165, 1.54) is 13.3 Å². The molecule has 1 aromatic carbocycles. The third-order valence-electron chi connectivity index (χ3n) is 3.96. The van der Waals surface area contributed by atoms with Crippen molar-refractivity contribution in [3.63, 3.8) is 0 Å². The molecule has 0 bridgehead atoms. The van der Waals surface area contributed by atoms with Crippen LogP contribution in [0.2, 0.25) is 0 Å². The summed E-state index contributed by atoms with van der Waals surface area (Å²) < 4.78 is 9.88. The Morgan fingerprint density at radius 3 is 2.56 bits per heavy atom. The molecule has 9 heteroatoms. The van der Waals surface area contributed by atoms with Gasteiger partial charge in [-0.3, -0.25) is 14.5 Å². The van der Waals surface area contributed by atoms with Crippen molar-refractivity contribution in [2.75, 3.05) is 46.5 Å². The molecule has 1 aliphatic rings. The van der Waals surface area contributed by atoms with E-state index in [2.05, 4.69) is 25.5 Å². The molecule has 2 rings (SSSR count). The van der Waals surface area contributed by atoms with Crippen LogP contribution in [0, 0.1) is 0 Å². The minimum absolute atomic E-state index is 0.412. The van der Waals surface area contributed by atoms with Crippen LogP contribution in [0.5, 0.6) is 0 Å². The Hall–Kier alpha value is -2.78. The molecule has 0 unspecified atom stereocenters. The summed E-state index contributed by atoms with van der Waals surface area (Å²) in [5.74, 6) is -1.99. The van der Waals surface area contributed by atoms with Gasteiger partial charge in [0.25, 0.3) is 0 Å². The van der Waals surface area contributed by atoms with Crippen LogP contribution in [0.15, 0.2) is 29.4 Å². The molecule has 0 saturated carbocycles. The normalized spacial score (nSPS) is 14.7. The second kappa shape index (κ2) is 11.0. The molecule has 1 aromatic rings. The molecule has 146 valence electrons. The van der Waals surface area contributed by atoms with E-state index in [0.29, 0.717) is 17.7 Å². The summed E-state index contributed by atoms with van der Waals surface area (Å²) in [7, 11) is 1.31. The summed E-state index contributed by atoms with van der Waals surface area (Å²) >= 11 is 0. The number of methoxy groups -OCH3 is 1. The Labute approximate surface area is 157 Å². The smallest absolute Gasteiger partial charge is 0.337 e. The first-order valence-electron chi connectivity index (χ1n) is 8.70. The number of amides is 2. The molecule has 1 fully saturated rings. The molecule has 2 amide bonds. The van der Waals surface area contributed by atoms with Gasteiger partial charge in [-0.05, 0) is 30.7 Å². The third-order valence-corrected chi connectivity index (χ3v) is 3.96. The van der Waals surface area contributed by atoms with E-state index in [1.54, 1.807) is 24.3 Å². The van der Waals surface area contributed by atoms with Gasteiger partial charge in [-0.2, -0.15) is 5.10 Å². The van der Waals surface area contributed by atoms with Crippen LogP contribution in [0.4, 0.5) is 0 Å². The third kappa shape index (κ3) is 7.16. The number of nitrogens with zero attached hydrogens (tertiary/aromatic N) is 2. The highest BCUT2D eigenvalue weighted by Gasteiger charge is 2.13. The second-order valence-electron chi connectivity index (χ2n) is 5.88. The Balaban J connectivity index is 1.65. The van der Waals surface area contributed by atoms with Crippen LogP contribution in [-0.4, -0.2) is 75.4 Å². The Bertz CT molecular complexity index is 669. The molecule has 27 heavy (non-hydrogen) atoms. The number of hydrogen-bond acceptors (Lipinski definition) is 7. The van der Waals surface area contributed by atoms with Gasteiger partial charge < -0.3 is 14.8 Å². The van der Waals surface area contributed by atoms with E-state index in [0.717, 1.165) is 39.3 Å². The largest absolute Gasteiger partial charge is 0.465 e. The minimum atomic E-state index is -0.830. The van der Waals surface area contributed by atoms with E-state index in [9.17, 15) is 14.4 Å². The highest BCUT2D eigenvalue weighted by molar-refractivity contribution is 6.35. The van der Waals surface area contributed by atoms with Gasteiger partial charge in [0.1, 0.15) is 0 Å². The fourth-order valence-electron chi connectivity index (χ4n) is 2.45. The number of rotatable bonds is 7. The highest BCUT2D eigenvalue weighted by Crippen LogP contribution is 2.03. The number of hydrazone groups is 1. The summed E-state index contributed by atoms with van der Waals surface area (Å²) in [5, 5.41) is 6.30. The van der Waals surface area contributed by atoms with Crippen LogP contribution in [0.25, 0.3) is 0 Å². The van der Waals surface area contributed by atoms with Gasteiger partial charge >= 0.3 is 17.8 Å². The van der Waals surface area contributed by atoms with Crippen molar-refractivity contribution >= 4 is 24.0 Å². The van der Waals surface area contributed by atoms with Crippen molar-refractivity contribution in [1.29, 1.82) is 0 Å². The topological polar surface area (TPSA) is 109 Å². The number of benzene rings is 1. The number of morpholine rings is 1. The molecular weight excluding hydrogens is 352 g/mol. The van der Waals surface area contributed by atoms with Crippen LogP contribution in [-0.2, 0) is 19.1 Å². The SMILES string of the molecule is COC(=O)c1ccc(/C=N/NC(=O)C(=O)NCCCN2CCOCC2)cc1. The summed E-state index contributed by atoms with van der Waals surface area (Å²) in [6, 6.07) is 6.45. The Kier molecular flexibility index (Phi) is 8.40. The van der Waals surface area contributed by atoms with Gasteiger partial charge in [0.15, 0.2) is 0 Å². The maximum Gasteiger partial charge on any atom is 0.337 e. The number of hydrogen-bond donors (Lipinski definition) is 2. The van der Waals surface area contributed by atoms with Gasteiger partial charge in [-0.25, -0.2) is 10.2 Å². The van der Waals surface area contributed by atoms with Gasteiger partial charge in [0.2, 0.25) is 0 Å². The minimum Gasteiger partial charge on any atom is -0.465 e. The van der Waals surface area contributed by atoms with Crippen molar-refractivity contribution in [1.82, 2.24) is 15.6 Å². The average molecular weight is 376 g/mol. The zero-order valence-electron chi connectivity index (χ0n) is 15.3. The van der Waals surface area contributed by atoms with Gasteiger partial charge in [0, 0.05) is 19.6 Å². The summed E-state index contributed by atoms with van der Waals surface area (Å²) in [6.45, 7) is 4.52. The fourth-order valence-corrected chi connectivity index (χ4v) is 2.45. The van der Waals surface area contributed by atoms with Crippen LogP contribution in [0.3, 0.4) is 0 Å². The summed E-state index contributed by atoms with van der Waals surface area (Å²) in [4.78, 5) is 37.0. The zero-order chi connectivity index (χ0) is 19.5. The predicted molar refractivity (Wildman–Crippen MR) is 98.4 cm³/mol. The number of ether oxygens (including phenoxy) is 2.